The van der Waals surface area contributed by atoms with Crippen LogP contribution in [0.2, 0.25) is 0 Å². The number of benzene rings is 4. The molecular weight excluding hydrogens is 544 g/mol. The molecule has 1 aromatic heterocycles. The summed E-state index contributed by atoms with van der Waals surface area (Å²) >= 11 is 1.74. The molecule has 5 rings (SSSR count). The van der Waals surface area contributed by atoms with Gasteiger partial charge in [-0.05, 0) is 52.4 Å². The van der Waals surface area contributed by atoms with Crippen molar-refractivity contribution in [2.75, 3.05) is 18.5 Å². The van der Waals surface area contributed by atoms with Gasteiger partial charge in [0.1, 0.15) is 18.4 Å². The molecule has 5 aromatic rings. The van der Waals surface area contributed by atoms with E-state index in [2.05, 4.69) is 46.3 Å². The summed E-state index contributed by atoms with van der Waals surface area (Å²) < 4.78 is 5.90. The normalized spacial score (nSPS) is 11.5. The van der Waals surface area contributed by atoms with E-state index in [1.165, 1.54) is 16.0 Å². The second-order valence-electron chi connectivity index (χ2n) is 9.77. The topological polar surface area (TPSA) is 87.7 Å². The number of thiophene rings is 1. The molecule has 4 aromatic carbocycles. The number of carboxylic acids is 1. The highest BCUT2D eigenvalue weighted by Crippen LogP contribution is 2.28. The second-order valence-corrected chi connectivity index (χ2v) is 10.8. The number of anilines is 1. The minimum Gasteiger partial charge on any atom is -0.492 e. The van der Waals surface area contributed by atoms with Crippen molar-refractivity contribution in [2.45, 2.75) is 19.0 Å². The highest BCUT2D eigenvalue weighted by molar-refractivity contribution is 7.10. The zero-order valence-electron chi connectivity index (χ0n) is 23.0. The fourth-order valence-corrected chi connectivity index (χ4v) is 5.56. The van der Waals surface area contributed by atoms with Crippen LogP contribution in [0.4, 0.5) is 5.69 Å². The smallest absolute Gasteiger partial charge is 0.326 e. The predicted molar refractivity (Wildman–Crippen MR) is 168 cm³/mol. The molecule has 0 fully saturated rings. The largest absolute Gasteiger partial charge is 0.492 e. The number of para-hydroxylation sites is 1. The average molecular weight is 577 g/mol. The predicted octanol–water partition coefficient (Wildman–Crippen LogP) is 6.92. The van der Waals surface area contributed by atoms with E-state index in [9.17, 15) is 14.7 Å². The minimum atomic E-state index is -0.996. The molecule has 42 heavy (non-hydrogen) atoms. The van der Waals surface area contributed by atoms with Crippen LogP contribution in [0.3, 0.4) is 0 Å². The standard InChI is InChI=1S/C35H32N2O4S/c38-34(27-11-5-2-6-12-27)30-13-7-8-14-31(30)37-32(35(39)40)23-25-15-17-28(18-16-25)41-21-20-36-24-33-29(19-22-42-33)26-9-3-1-4-10-26/h1-19,22,32,36-37H,20-21,23-24H2,(H,39,40). The van der Waals surface area contributed by atoms with Crippen molar-refractivity contribution in [1.82, 2.24) is 5.32 Å². The summed E-state index contributed by atoms with van der Waals surface area (Å²) in [5.74, 6) is -0.435. The van der Waals surface area contributed by atoms with Crippen LogP contribution in [-0.4, -0.2) is 36.1 Å². The number of hydrogen-bond donors (Lipinski definition) is 3. The van der Waals surface area contributed by atoms with Gasteiger partial charge in [0, 0.05) is 41.2 Å². The number of hydrogen-bond acceptors (Lipinski definition) is 6. The summed E-state index contributed by atoms with van der Waals surface area (Å²) in [5, 5.41) is 18.6. The lowest BCUT2D eigenvalue weighted by molar-refractivity contribution is -0.137. The molecule has 7 heteroatoms. The second kappa shape index (κ2) is 14.3. The summed E-state index contributed by atoms with van der Waals surface area (Å²) in [5.41, 5.74) is 4.79. The molecule has 0 bridgehead atoms. The van der Waals surface area contributed by atoms with Crippen molar-refractivity contribution >= 4 is 28.8 Å². The van der Waals surface area contributed by atoms with E-state index in [0.29, 0.717) is 30.0 Å². The van der Waals surface area contributed by atoms with Gasteiger partial charge in [-0.3, -0.25) is 4.79 Å². The molecule has 0 aliphatic rings. The van der Waals surface area contributed by atoms with Crippen LogP contribution in [0.1, 0.15) is 26.4 Å². The Morgan fingerprint density at radius 1 is 0.810 bits per heavy atom. The molecule has 0 saturated carbocycles. The van der Waals surface area contributed by atoms with Gasteiger partial charge in [-0.2, -0.15) is 0 Å². The Kier molecular flexibility index (Phi) is 9.77. The summed E-state index contributed by atoms with van der Waals surface area (Å²) in [7, 11) is 0. The van der Waals surface area contributed by atoms with Gasteiger partial charge in [0.05, 0.1) is 0 Å². The quantitative estimate of drug-likeness (QED) is 0.0982. The van der Waals surface area contributed by atoms with Crippen molar-refractivity contribution in [3.8, 4) is 16.9 Å². The number of ketones is 1. The highest BCUT2D eigenvalue weighted by Gasteiger charge is 2.21. The number of ether oxygens (including phenoxy) is 1. The van der Waals surface area contributed by atoms with Gasteiger partial charge in [0.15, 0.2) is 5.78 Å². The Balaban J connectivity index is 1.12. The lowest BCUT2D eigenvalue weighted by Gasteiger charge is -2.18. The number of carbonyl (C=O) groups is 2. The van der Waals surface area contributed by atoms with Crippen LogP contribution in [0, 0.1) is 0 Å². The van der Waals surface area contributed by atoms with Crippen LogP contribution < -0.4 is 15.4 Å². The fraction of sp³-hybridized carbons (Fsp3) is 0.143. The van der Waals surface area contributed by atoms with E-state index >= 15 is 0 Å². The maximum atomic E-state index is 13.1. The Bertz CT molecular complexity index is 1600. The van der Waals surface area contributed by atoms with E-state index < -0.39 is 12.0 Å². The molecule has 212 valence electrons. The third-order valence-corrected chi connectivity index (χ3v) is 7.78. The molecular formula is C35H32N2O4S. The third kappa shape index (κ3) is 7.51. The summed E-state index contributed by atoms with van der Waals surface area (Å²) in [6, 6.07) is 35.0. The Morgan fingerprint density at radius 2 is 1.50 bits per heavy atom. The molecule has 0 aliphatic heterocycles. The number of rotatable bonds is 14. The van der Waals surface area contributed by atoms with E-state index in [1.54, 1.807) is 59.9 Å². The maximum absolute atomic E-state index is 13.1. The monoisotopic (exact) mass is 576 g/mol. The number of nitrogens with one attached hydrogen (secondary N) is 2. The van der Waals surface area contributed by atoms with Crippen molar-refractivity contribution in [3.63, 3.8) is 0 Å². The fourth-order valence-electron chi connectivity index (χ4n) is 4.69. The first-order valence-corrected chi connectivity index (χ1v) is 14.7. The van der Waals surface area contributed by atoms with Gasteiger partial charge >= 0.3 is 5.97 Å². The van der Waals surface area contributed by atoms with Crippen LogP contribution in [0.15, 0.2) is 121 Å². The maximum Gasteiger partial charge on any atom is 0.326 e. The van der Waals surface area contributed by atoms with Crippen LogP contribution in [0.5, 0.6) is 5.75 Å². The van der Waals surface area contributed by atoms with Crippen LogP contribution in [0.25, 0.3) is 11.1 Å². The summed E-state index contributed by atoms with van der Waals surface area (Å²) in [6.45, 7) is 1.98. The summed E-state index contributed by atoms with van der Waals surface area (Å²) in [4.78, 5) is 26.5. The molecule has 1 unspecified atom stereocenters. The van der Waals surface area contributed by atoms with Gasteiger partial charge in [0.25, 0.3) is 0 Å². The van der Waals surface area contributed by atoms with Crippen molar-refractivity contribution < 1.29 is 19.4 Å². The first kappa shape index (κ1) is 28.8. The van der Waals surface area contributed by atoms with Crippen molar-refractivity contribution in [1.29, 1.82) is 0 Å². The first-order valence-electron chi connectivity index (χ1n) is 13.8. The van der Waals surface area contributed by atoms with Gasteiger partial charge in [-0.1, -0.05) is 84.9 Å². The molecule has 3 N–H and O–H groups in total. The van der Waals surface area contributed by atoms with Gasteiger partial charge < -0.3 is 20.5 Å². The number of carbonyl (C=O) groups excluding carboxylic acids is 1. The van der Waals surface area contributed by atoms with E-state index in [4.69, 9.17) is 4.74 Å². The lowest BCUT2D eigenvalue weighted by Crippen LogP contribution is -2.32. The Labute approximate surface area is 249 Å². The molecule has 6 nitrogen and oxygen atoms in total. The van der Waals surface area contributed by atoms with E-state index in [0.717, 1.165) is 17.9 Å². The molecule has 0 amide bonds. The average Bonchev–Trinajstić information content (AvgIpc) is 3.50. The molecule has 1 heterocycles. The number of aliphatic carboxylic acids is 1. The van der Waals surface area contributed by atoms with Gasteiger partial charge in [0.2, 0.25) is 0 Å². The van der Waals surface area contributed by atoms with Crippen molar-refractivity contribution in [2.24, 2.45) is 0 Å². The lowest BCUT2D eigenvalue weighted by atomic mass is 10.00. The molecule has 0 aliphatic carbocycles. The van der Waals surface area contributed by atoms with Crippen LogP contribution >= 0.6 is 11.3 Å². The highest BCUT2D eigenvalue weighted by atomic mass is 32.1. The van der Waals surface area contributed by atoms with E-state index in [-0.39, 0.29) is 12.2 Å². The number of carboxylic acid groups (broad SMARTS) is 1. The summed E-state index contributed by atoms with van der Waals surface area (Å²) in [6.07, 6.45) is 0.246. The Morgan fingerprint density at radius 3 is 2.24 bits per heavy atom. The van der Waals surface area contributed by atoms with Gasteiger partial charge in [-0.15, -0.1) is 11.3 Å². The molecule has 1 atom stereocenters. The molecule has 0 spiro atoms. The van der Waals surface area contributed by atoms with Gasteiger partial charge in [-0.25, -0.2) is 4.79 Å². The molecule has 0 radical (unpaired) electrons. The zero-order chi connectivity index (χ0) is 29.1. The first-order chi connectivity index (χ1) is 20.6. The SMILES string of the molecule is O=C(c1ccccc1)c1ccccc1NC(Cc1ccc(OCCNCc2sccc2-c2ccccc2)cc1)C(=O)O. The van der Waals surface area contributed by atoms with Crippen molar-refractivity contribution in [3.05, 3.63) is 142 Å². The molecule has 0 saturated heterocycles. The van der Waals surface area contributed by atoms with E-state index in [1.807, 2.05) is 36.4 Å². The third-order valence-electron chi connectivity index (χ3n) is 6.86. The minimum absolute atomic E-state index is 0.161. The zero-order valence-corrected chi connectivity index (χ0v) is 23.8. The Hall–Kier alpha value is -4.72. The van der Waals surface area contributed by atoms with Crippen LogP contribution in [-0.2, 0) is 17.8 Å².